The molecule has 8 heteroatoms. The van der Waals surface area contributed by atoms with E-state index in [0.717, 1.165) is 11.1 Å². The van der Waals surface area contributed by atoms with E-state index in [1.807, 2.05) is 6.07 Å². The van der Waals surface area contributed by atoms with Crippen molar-refractivity contribution in [3.63, 3.8) is 0 Å². The second-order valence-corrected chi connectivity index (χ2v) is 7.87. The number of Topliss-reactive ketones (excluding diaryl/α,β-unsaturated/α-hetero) is 2. The number of hydrogen-bond donors (Lipinski definition) is 2. The molecule has 0 saturated heterocycles. The van der Waals surface area contributed by atoms with Gasteiger partial charge in [-0.25, -0.2) is 9.97 Å². The summed E-state index contributed by atoms with van der Waals surface area (Å²) >= 11 is 0. The highest BCUT2D eigenvalue weighted by Crippen LogP contribution is 2.40. The van der Waals surface area contributed by atoms with Gasteiger partial charge in [0.2, 0.25) is 5.88 Å². The Bertz CT molecular complexity index is 1030. The molecule has 2 aliphatic rings. The van der Waals surface area contributed by atoms with E-state index < -0.39 is 17.3 Å². The highest BCUT2D eigenvalue weighted by Gasteiger charge is 2.40. The van der Waals surface area contributed by atoms with Crippen molar-refractivity contribution in [1.29, 1.82) is 0 Å². The van der Waals surface area contributed by atoms with Gasteiger partial charge in [-0.05, 0) is 30.4 Å². The van der Waals surface area contributed by atoms with Crippen molar-refractivity contribution < 1.29 is 24.2 Å². The number of anilines is 1. The van der Waals surface area contributed by atoms with E-state index >= 15 is 0 Å². The zero-order chi connectivity index (χ0) is 20.8. The number of carbonyl (C=O) groups excluding carboxylic acids is 2. The fourth-order valence-electron chi connectivity index (χ4n) is 4.23. The van der Waals surface area contributed by atoms with Crippen LogP contribution >= 0.6 is 0 Å². The number of nitrogens with two attached hydrogens (primary N) is 1. The maximum atomic E-state index is 13.1. The lowest BCUT2D eigenvalue weighted by molar-refractivity contribution is -0.139. The Kier molecular flexibility index (Phi) is 4.56. The van der Waals surface area contributed by atoms with Crippen LogP contribution in [0.5, 0.6) is 5.88 Å². The van der Waals surface area contributed by atoms with E-state index in [1.54, 1.807) is 19.1 Å². The predicted octanol–water partition coefficient (Wildman–Crippen LogP) is 2.42. The van der Waals surface area contributed by atoms with Crippen LogP contribution in [-0.4, -0.2) is 39.2 Å². The molecule has 1 aromatic heterocycles. The fourth-order valence-corrected chi connectivity index (χ4v) is 4.23. The molecule has 1 aromatic carbocycles. The molecular formula is C21H21N3O5. The second kappa shape index (κ2) is 6.95. The first-order valence-electron chi connectivity index (χ1n) is 9.47. The fraction of sp³-hybridized carbons (Fsp3) is 0.381. The molecule has 0 amide bonds. The van der Waals surface area contributed by atoms with Crippen molar-refractivity contribution in [3.05, 3.63) is 46.8 Å². The average Bonchev–Trinajstić information content (AvgIpc) is 2.84. The van der Waals surface area contributed by atoms with Crippen molar-refractivity contribution in [2.45, 2.75) is 38.5 Å². The monoisotopic (exact) mass is 395 g/mol. The number of carboxylic acid groups (broad SMARTS) is 1. The van der Waals surface area contributed by atoms with Gasteiger partial charge in [-0.2, -0.15) is 0 Å². The lowest BCUT2D eigenvalue weighted by Gasteiger charge is -2.32. The minimum Gasteiger partial charge on any atom is -0.481 e. The van der Waals surface area contributed by atoms with Gasteiger partial charge in [-0.1, -0.05) is 25.1 Å². The second-order valence-electron chi connectivity index (χ2n) is 7.87. The van der Waals surface area contributed by atoms with Crippen LogP contribution in [0.25, 0.3) is 0 Å². The Morgan fingerprint density at radius 1 is 1.34 bits per heavy atom. The number of fused-ring (bicyclic) bond motifs is 2. The Morgan fingerprint density at radius 2 is 2.14 bits per heavy atom. The summed E-state index contributed by atoms with van der Waals surface area (Å²) in [5.74, 6) is -1.53. The van der Waals surface area contributed by atoms with Crippen LogP contribution in [0.15, 0.2) is 24.5 Å². The van der Waals surface area contributed by atoms with Crippen LogP contribution in [0, 0.1) is 5.41 Å². The molecule has 0 radical (unpaired) electrons. The van der Waals surface area contributed by atoms with Gasteiger partial charge in [0.05, 0.1) is 18.9 Å². The molecule has 2 unspecified atom stereocenters. The predicted molar refractivity (Wildman–Crippen MR) is 103 cm³/mol. The van der Waals surface area contributed by atoms with Crippen LogP contribution in [-0.2, 0) is 11.2 Å². The maximum absolute atomic E-state index is 13.1. The van der Waals surface area contributed by atoms with Crippen LogP contribution in [0.1, 0.15) is 63.9 Å². The number of nitrogen functional groups attached to an aromatic ring is 1. The van der Waals surface area contributed by atoms with Crippen LogP contribution < -0.4 is 10.5 Å². The molecule has 4 rings (SSSR count). The molecule has 2 atom stereocenters. The zero-order valence-corrected chi connectivity index (χ0v) is 16.0. The smallest absolute Gasteiger partial charge is 0.304 e. The molecule has 1 aliphatic carbocycles. The number of carboxylic acids is 1. The van der Waals surface area contributed by atoms with Gasteiger partial charge in [0.25, 0.3) is 0 Å². The molecule has 29 heavy (non-hydrogen) atoms. The molecule has 0 bridgehead atoms. The first-order chi connectivity index (χ1) is 13.8. The number of nitrogens with zero attached hydrogens (tertiary/aromatic N) is 2. The Labute approximate surface area is 167 Å². The third-order valence-corrected chi connectivity index (χ3v) is 5.86. The quantitative estimate of drug-likeness (QED) is 0.810. The highest BCUT2D eigenvalue weighted by molar-refractivity contribution is 6.07. The number of rotatable bonds is 3. The van der Waals surface area contributed by atoms with E-state index in [2.05, 4.69) is 9.97 Å². The summed E-state index contributed by atoms with van der Waals surface area (Å²) in [6.07, 6.45) is 2.57. The van der Waals surface area contributed by atoms with E-state index in [0.29, 0.717) is 31.4 Å². The average molecular weight is 395 g/mol. The van der Waals surface area contributed by atoms with Crippen LogP contribution in [0.2, 0.25) is 0 Å². The van der Waals surface area contributed by atoms with Crippen molar-refractivity contribution in [2.24, 2.45) is 5.41 Å². The van der Waals surface area contributed by atoms with Gasteiger partial charge < -0.3 is 15.6 Å². The number of aromatic nitrogens is 2. The molecule has 0 spiro atoms. The van der Waals surface area contributed by atoms with Gasteiger partial charge in [-0.3, -0.25) is 14.4 Å². The number of ether oxygens (including phenoxy) is 1. The summed E-state index contributed by atoms with van der Waals surface area (Å²) in [6, 6.07) is 5.34. The number of hydrogen-bond acceptors (Lipinski definition) is 7. The highest BCUT2D eigenvalue weighted by atomic mass is 16.5. The summed E-state index contributed by atoms with van der Waals surface area (Å²) in [4.78, 5) is 45.1. The molecule has 2 aromatic rings. The van der Waals surface area contributed by atoms with Gasteiger partial charge >= 0.3 is 5.97 Å². The maximum Gasteiger partial charge on any atom is 0.304 e. The first kappa shape index (κ1) is 19.0. The van der Waals surface area contributed by atoms with Gasteiger partial charge in [-0.15, -0.1) is 0 Å². The van der Waals surface area contributed by atoms with Gasteiger partial charge in [0.1, 0.15) is 17.7 Å². The number of carbonyl (C=O) groups is 3. The van der Waals surface area contributed by atoms with Crippen molar-refractivity contribution in [1.82, 2.24) is 9.97 Å². The Morgan fingerprint density at radius 3 is 2.90 bits per heavy atom. The molecule has 8 nitrogen and oxygen atoms in total. The largest absolute Gasteiger partial charge is 0.481 e. The van der Waals surface area contributed by atoms with E-state index in [4.69, 9.17) is 15.6 Å². The topological polar surface area (TPSA) is 132 Å². The standard InChI is InChI=1S/C21H21N3O5/c1-21(9-15(25)26)6-4-12-8-11(2-3-14(12)18(21)28)13-5-7-29-20-16(17(13)27)19(22)23-10-24-20/h2-3,8,10,13H,4-7,9H2,1H3,(H,25,26)(H2,22,23,24). The SMILES string of the molecule is CC1(CC(=O)O)CCc2cc(C3CCOc4ncnc(N)c4C3=O)ccc2C1=O. The lowest BCUT2D eigenvalue weighted by Crippen LogP contribution is -2.35. The summed E-state index contributed by atoms with van der Waals surface area (Å²) < 4.78 is 5.58. The zero-order valence-electron chi connectivity index (χ0n) is 16.0. The first-order valence-corrected chi connectivity index (χ1v) is 9.47. The number of benzene rings is 1. The molecule has 2 heterocycles. The van der Waals surface area contributed by atoms with Crippen LogP contribution in [0.4, 0.5) is 5.82 Å². The molecule has 150 valence electrons. The third-order valence-electron chi connectivity index (χ3n) is 5.86. The van der Waals surface area contributed by atoms with Crippen molar-refractivity contribution >= 4 is 23.4 Å². The van der Waals surface area contributed by atoms with Crippen molar-refractivity contribution in [3.8, 4) is 5.88 Å². The normalized spacial score (nSPS) is 23.6. The van der Waals surface area contributed by atoms with E-state index in [9.17, 15) is 14.4 Å². The summed E-state index contributed by atoms with van der Waals surface area (Å²) in [5, 5.41) is 9.15. The molecular weight excluding hydrogens is 374 g/mol. The molecule has 0 fully saturated rings. The molecule has 1 aliphatic heterocycles. The molecule has 3 N–H and O–H groups in total. The van der Waals surface area contributed by atoms with E-state index in [-0.39, 0.29) is 35.2 Å². The summed E-state index contributed by atoms with van der Waals surface area (Å²) in [6.45, 7) is 2.01. The Balaban J connectivity index is 1.68. The van der Waals surface area contributed by atoms with Gasteiger partial charge in [0, 0.05) is 11.0 Å². The number of aliphatic carboxylic acids is 1. The summed E-state index contributed by atoms with van der Waals surface area (Å²) in [5.41, 5.74) is 7.33. The molecule has 0 saturated carbocycles. The van der Waals surface area contributed by atoms with Crippen LogP contribution in [0.3, 0.4) is 0 Å². The number of ketones is 2. The Hall–Kier alpha value is -3.29. The minimum absolute atomic E-state index is 0.0875. The minimum atomic E-state index is -0.983. The summed E-state index contributed by atoms with van der Waals surface area (Å²) in [7, 11) is 0. The third kappa shape index (κ3) is 3.24. The van der Waals surface area contributed by atoms with Gasteiger partial charge in [0.15, 0.2) is 11.6 Å². The van der Waals surface area contributed by atoms with Crippen molar-refractivity contribution in [2.75, 3.05) is 12.3 Å². The number of aryl methyl sites for hydroxylation is 1. The lowest BCUT2D eigenvalue weighted by atomic mass is 9.69. The van der Waals surface area contributed by atoms with E-state index in [1.165, 1.54) is 6.33 Å².